The second kappa shape index (κ2) is 12.7. The topological polar surface area (TPSA) is 79.8 Å². The number of guanidine groups is 1. The quantitative estimate of drug-likeness (QED) is 0.285. The number of halogens is 2. The molecule has 0 aliphatic heterocycles. The third-order valence-corrected chi connectivity index (χ3v) is 5.09. The van der Waals surface area contributed by atoms with Gasteiger partial charge in [0.1, 0.15) is 17.7 Å². The minimum atomic E-state index is -3.22. The normalized spacial score (nSPS) is 12.6. The van der Waals surface area contributed by atoms with Crippen LogP contribution in [0.3, 0.4) is 0 Å². The maximum atomic E-state index is 13.7. The Bertz CT molecular complexity index is 924. The lowest BCUT2D eigenvalue weighted by atomic mass is 10.1. The van der Waals surface area contributed by atoms with Crippen molar-refractivity contribution in [3.8, 4) is 5.75 Å². The molecule has 0 bridgehead atoms. The second-order valence-electron chi connectivity index (χ2n) is 6.75. The molecule has 1 atom stereocenters. The average molecular weight is 549 g/mol. The van der Waals surface area contributed by atoms with Crippen molar-refractivity contribution < 1.29 is 17.5 Å². The number of hydrogen-bond acceptors (Lipinski definition) is 4. The summed E-state index contributed by atoms with van der Waals surface area (Å²) < 4.78 is 42.9. The van der Waals surface area contributed by atoms with Crippen molar-refractivity contribution >= 4 is 39.8 Å². The first-order valence-electron chi connectivity index (χ1n) is 9.42. The van der Waals surface area contributed by atoms with E-state index < -0.39 is 15.7 Å². The average Bonchev–Trinajstić information content (AvgIpc) is 2.68. The maximum Gasteiger partial charge on any atom is 0.191 e. The largest absolute Gasteiger partial charge is 0.489 e. The molecule has 0 saturated heterocycles. The standard InChI is InChI=1S/C21H28FN3O3S.HI/c1-4-19(28-20-8-6-5-7-9-20)14-25-21(23-2)24-13-17-12-18(22)11-10-16(17)15-29(3,26)27;/h5-12,19H,4,13-15H2,1-3H3,(H2,23,24,25);1H. The van der Waals surface area contributed by atoms with Gasteiger partial charge in [-0.3, -0.25) is 4.99 Å². The van der Waals surface area contributed by atoms with E-state index in [9.17, 15) is 12.8 Å². The Morgan fingerprint density at radius 3 is 2.43 bits per heavy atom. The molecule has 2 aromatic rings. The molecule has 2 N–H and O–H groups in total. The summed E-state index contributed by atoms with van der Waals surface area (Å²) in [6.07, 6.45) is 1.92. The third kappa shape index (κ3) is 9.29. The van der Waals surface area contributed by atoms with Crippen LogP contribution in [0.2, 0.25) is 0 Å². The SMILES string of the molecule is CCC(CNC(=NC)NCc1cc(F)ccc1CS(C)(=O)=O)Oc1ccccc1.I. The molecule has 0 radical (unpaired) electrons. The summed E-state index contributed by atoms with van der Waals surface area (Å²) in [6, 6.07) is 13.7. The van der Waals surface area contributed by atoms with Crippen LogP contribution in [-0.2, 0) is 22.1 Å². The fourth-order valence-electron chi connectivity index (χ4n) is 2.75. The molecule has 0 aromatic heterocycles. The first kappa shape index (κ1) is 26.2. The first-order chi connectivity index (χ1) is 13.8. The van der Waals surface area contributed by atoms with E-state index in [1.54, 1.807) is 7.05 Å². The molecule has 2 aromatic carbocycles. The van der Waals surface area contributed by atoms with Crippen molar-refractivity contribution in [2.24, 2.45) is 4.99 Å². The minimum Gasteiger partial charge on any atom is -0.489 e. The van der Waals surface area contributed by atoms with Gasteiger partial charge in [0.2, 0.25) is 0 Å². The summed E-state index contributed by atoms with van der Waals surface area (Å²) in [5.41, 5.74) is 1.14. The highest BCUT2D eigenvalue weighted by atomic mass is 127. The fourth-order valence-corrected chi connectivity index (χ4v) is 3.60. The van der Waals surface area contributed by atoms with E-state index in [-0.39, 0.29) is 42.4 Å². The van der Waals surface area contributed by atoms with Crippen LogP contribution in [0.5, 0.6) is 5.75 Å². The Hall–Kier alpha value is -1.88. The number of sulfone groups is 1. The highest BCUT2D eigenvalue weighted by molar-refractivity contribution is 14.0. The van der Waals surface area contributed by atoms with E-state index in [0.29, 0.717) is 23.6 Å². The molecule has 0 aliphatic carbocycles. The number of benzene rings is 2. The smallest absolute Gasteiger partial charge is 0.191 e. The highest BCUT2D eigenvalue weighted by Gasteiger charge is 2.12. The van der Waals surface area contributed by atoms with Gasteiger partial charge in [-0.25, -0.2) is 12.8 Å². The van der Waals surface area contributed by atoms with Crippen molar-refractivity contribution in [3.05, 3.63) is 65.5 Å². The van der Waals surface area contributed by atoms with Crippen molar-refractivity contribution in [2.45, 2.75) is 31.7 Å². The molecule has 166 valence electrons. The number of ether oxygens (including phenoxy) is 1. The zero-order valence-electron chi connectivity index (χ0n) is 17.4. The Labute approximate surface area is 195 Å². The minimum absolute atomic E-state index is 0. The van der Waals surface area contributed by atoms with E-state index >= 15 is 0 Å². The Balaban J connectivity index is 0.00000450. The summed E-state index contributed by atoms with van der Waals surface area (Å²) in [7, 11) is -1.59. The van der Waals surface area contributed by atoms with Crippen molar-refractivity contribution in [2.75, 3.05) is 19.8 Å². The zero-order chi connectivity index (χ0) is 21.3. The zero-order valence-corrected chi connectivity index (χ0v) is 20.5. The van der Waals surface area contributed by atoms with Gasteiger partial charge in [0.05, 0.1) is 12.3 Å². The number of rotatable bonds is 9. The summed E-state index contributed by atoms with van der Waals surface area (Å²) in [6.45, 7) is 2.82. The van der Waals surface area contributed by atoms with Gasteiger partial charge in [0.25, 0.3) is 0 Å². The molecule has 0 spiro atoms. The molecule has 2 rings (SSSR count). The van der Waals surface area contributed by atoms with Crippen LogP contribution in [-0.4, -0.2) is 40.3 Å². The van der Waals surface area contributed by atoms with Crippen LogP contribution < -0.4 is 15.4 Å². The third-order valence-electron chi connectivity index (χ3n) is 4.25. The van der Waals surface area contributed by atoms with E-state index in [0.717, 1.165) is 18.4 Å². The molecule has 30 heavy (non-hydrogen) atoms. The Morgan fingerprint density at radius 1 is 1.13 bits per heavy atom. The maximum absolute atomic E-state index is 13.7. The van der Waals surface area contributed by atoms with Crippen LogP contribution in [0.4, 0.5) is 4.39 Å². The first-order valence-corrected chi connectivity index (χ1v) is 11.5. The molecule has 0 fully saturated rings. The van der Waals surface area contributed by atoms with Gasteiger partial charge in [-0.05, 0) is 41.8 Å². The molecule has 0 heterocycles. The van der Waals surface area contributed by atoms with Crippen molar-refractivity contribution in [1.82, 2.24) is 10.6 Å². The molecule has 0 amide bonds. The molecular weight excluding hydrogens is 520 g/mol. The van der Waals surface area contributed by atoms with Crippen LogP contribution in [0.1, 0.15) is 24.5 Å². The number of aliphatic imine (C=N–C) groups is 1. The van der Waals surface area contributed by atoms with Crippen molar-refractivity contribution in [3.63, 3.8) is 0 Å². The predicted octanol–water partition coefficient (Wildman–Crippen LogP) is 3.51. The predicted molar refractivity (Wildman–Crippen MR) is 130 cm³/mol. The van der Waals surface area contributed by atoms with Gasteiger partial charge in [-0.2, -0.15) is 0 Å². The number of nitrogens with zero attached hydrogens (tertiary/aromatic N) is 1. The summed E-state index contributed by atoms with van der Waals surface area (Å²) in [5.74, 6) is 0.771. The molecular formula is C21H29FIN3O3S. The van der Waals surface area contributed by atoms with E-state index in [4.69, 9.17) is 4.74 Å². The van der Waals surface area contributed by atoms with Gasteiger partial charge in [-0.15, -0.1) is 24.0 Å². The van der Waals surface area contributed by atoms with Crippen LogP contribution in [0.25, 0.3) is 0 Å². The van der Waals surface area contributed by atoms with Gasteiger partial charge < -0.3 is 15.4 Å². The van der Waals surface area contributed by atoms with E-state index in [1.165, 1.54) is 18.2 Å². The summed E-state index contributed by atoms with van der Waals surface area (Å²) >= 11 is 0. The van der Waals surface area contributed by atoms with Gasteiger partial charge in [0.15, 0.2) is 15.8 Å². The lowest BCUT2D eigenvalue weighted by molar-refractivity contribution is 0.199. The number of hydrogen-bond donors (Lipinski definition) is 2. The second-order valence-corrected chi connectivity index (χ2v) is 8.89. The molecule has 0 aliphatic rings. The van der Waals surface area contributed by atoms with Crippen LogP contribution in [0, 0.1) is 5.82 Å². The van der Waals surface area contributed by atoms with Crippen LogP contribution >= 0.6 is 24.0 Å². The Morgan fingerprint density at radius 2 is 1.83 bits per heavy atom. The molecule has 6 nitrogen and oxygen atoms in total. The Kier molecular flexibility index (Phi) is 11.1. The van der Waals surface area contributed by atoms with Gasteiger partial charge >= 0.3 is 0 Å². The summed E-state index contributed by atoms with van der Waals surface area (Å²) in [5, 5.41) is 6.30. The monoisotopic (exact) mass is 549 g/mol. The van der Waals surface area contributed by atoms with Gasteiger partial charge in [0, 0.05) is 19.8 Å². The molecule has 1 unspecified atom stereocenters. The van der Waals surface area contributed by atoms with E-state index in [1.807, 2.05) is 37.3 Å². The highest BCUT2D eigenvalue weighted by Crippen LogP contribution is 2.15. The lowest BCUT2D eigenvalue weighted by Gasteiger charge is -2.20. The van der Waals surface area contributed by atoms with Gasteiger partial charge in [-0.1, -0.05) is 31.2 Å². The lowest BCUT2D eigenvalue weighted by Crippen LogP contribution is -2.42. The number of para-hydroxylation sites is 1. The summed E-state index contributed by atoms with van der Waals surface area (Å²) in [4.78, 5) is 4.17. The molecule has 9 heteroatoms. The van der Waals surface area contributed by atoms with Crippen LogP contribution in [0.15, 0.2) is 53.5 Å². The van der Waals surface area contributed by atoms with Crippen molar-refractivity contribution in [1.29, 1.82) is 0 Å². The fraction of sp³-hybridized carbons (Fsp3) is 0.381. The van der Waals surface area contributed by atoms with E-state index in [2.05, 4.69) is 15.6 Å². The molecule has 0 saturated carbocycles. The number of nitrogens with one attached hydrogen (secondary N) is 2.